The lowest BCUT2D eigenvalue weighted by molar-refractivity contribution is -0.376. The predicted molar refractivity (Wildman–Crippen MR) is 129 cm³/mol. The number of anilines is 1. The Balaban J connectivity index is 1.81. The highest BCUT2D eigenvalue weighted by Gasteiger charge is 2.71. The van der Waals surface area contributed by atoms with E-state index in [1.807, 2.05) is 0 Å². The van der Waals surface area contributed by atoms with Crippen LogP contribution in [0.25, 0.3) is 0 Å². The number of likely N-dealkylation sites (tertiary alicyclic amines) is 1. The van der Waals surface area contributed by atoms with Gasteiger partial charge in [-0.25, -0.2) is 12.8 Å². The smallest absolute Gasteiger partial charge is 0.369 e. The number of fused-ring (bicyclic) bond motifs is 1. The van der Waals surface area contributed by atoms with Crippen molar-refractivity contribution < 1.29 is 53.8 Å². The number of rotatable bonds is 6. The predicted octanol–water partition coefficient (Wildman–Crippen LogP) is 3.51. The van der Waals surface area contributed by atoms with Crippen LogP contribution in [0.2, 0.25) is 0 Å². The highest BCUT2D eigenvalue weighted by atomic mass is 32.2. The fraction of sp³-hybridized carbons (Fsp3) is 0.440. The first-order valence-corrected chi connectivity index (χ1v) is 13.7. The zero-order valence-electron chi connectivity index (χ0n) is 21.0. The van der Waals surface area contributed by atoms with Crippen LogP contribution in [0.1, 0.15) is 36.8 Å². The highest BCUT2D eigenvalue weighted by Crippen LogP contribution is 2.51. The number of hydrogen-bond acceptors (Lipinski definition) is 5. The summed E-state index contributed by atoms with van der Waals surface area (Å²) in [6.07, 6.45) is -12.5. The summed E-state index contributed by atoms with van der Waals surface area (Å²) in [5.41, 5.74) is -2.01. The van der Waals surface area contributed by atoms with Crippen LogP contribution in [0, 0.1) is 5.82 Å². The number of benzene rings is 2. The Hall–Kier alpha value is -3.40. The molecule has 2 aliphatic heterocycles. The van der Waals surface area contributed by atoms with Gasteiger partial charge in [-0.15, -0.1) is 0 Å². The van der Waals surface area contributed by atoms with Crippen LogP contribution >= 0.6 is 0 Å². The van der Waals surface area contributed by atoms with Crippen molar-refractivity contribution in [2.75, 3.05) is 10.8 Å². The monoisotopic (exact) mass is 611 g/mol. The molecule has 224 valence electrons. The maximum absolute atomic E-state index is 13.7. The molecule has 0 bridgehead atoms. The van der Waals surface area contributed by atoms with Gasteiger partial charge in [0.05, 0.1) is 16.6 Å². The average Bonchev–Trinajstić information content (AvgIpc) is 3.37. The molecule has 0 aromatic heterocycles. The molecule has 2 amide bonds. The van der Waals surface area contributed by atoms with Crippen LogP contribution in [-0.2, 0) is 31.6 Å². The summed E-state index contributed by atoms with van der Waals surface area (Å²) >= 11 is 0. The zero-order chi connectivity index (χ0) is 30.5. The lowest BCUT2D eigenvalue weighted by Crippen LogP contribution is -2.54. The molecule has 0 radical (unpaired) electrons. The number of alkyl halides is 6. The first-order valence-electron chi connectivity index (χ1n) is 12.3. The Kier molecular flexibility index (Phi) is 7.79. The molecule has 1 saturated heterocycles. The largest absolute Gasteiger partial charge is 0.430 e. The molecule has 2 atom stereocenters. The van der Waals surface area contributed by atoms with Crippen molar-refractivity contribution in [1.29, 1.82) is 0 Å². The standard InChI is InChI=1S/C25H24F7N3O5S/c26-16-5-8-18(9-6-16)41(39,40)35-17(13-21(36)34-11-1-2-20(34)22(33)37)7-3-14-12-15(4-10-19(14)35)23(38,24(27,28)29)25(30,31)32/h4-6,8-10,12,17,20,38H,1-3,7,11,13H2,(H2,33,37)/t17-,20-/m0/s1. The van der Waals surface area contributed by atoms with Crippen LogP contribution in [0.4, 0.5) is 36.4 Å². The van der Waals surface area contributed by atoms with Crippen molar-refractivity contribution in [1.82, 2.24) is 4.90 Å². The molecule has 16 heteroatoms. The minimum atomic E-state index is -6.16. The Morgan fingerprint density at radius 2 is 1.59 bits per heavy atom. The van der Waals surface area contributed by atoms with E-state index in [4.69, 9.17) is 5.73 Å². The van der Waals surface area contributed by atoms with Gasteiger partial charge >= 0.3 is 12.4 Å². The minimum absolute atomic E-state index is 0.178. The third-order valence-corrected chi connectivity index (χ3v) is 9.20. The van der Waals surface area contributed by atoms with Crippen LogP contribution in [-0.4, -0.2) is 61.2 Å². The lowest BCUT2D eigenvalue weighted by atomic mass is 9.87. The number of halogens is 7. The molecule has 0 aliphatic carbocycles. The lowest BCUT2D eigenvalue weighted by Gasteiger charge is -2.39. The Labute approximate surface area is 229 Å². The fourth-order valence-electron chi connectivity index (χ4n) is 5.26. The molecule has 0 spiro atoms. The number of carbonyl (C=O) groups is 2. The van der Waals surface area contributed by atoms with E-state index in [0.717, 1.165) is 24.3 Å². The maximum atomic E-state index is 13.7. The second-order valence-corrected chi connectivity index (χ2v) is 11.7. The van der Waals surface area contributed by atoms with Crippen molar-refractivity contribution in [3.8, 4) is 0 Å². The third kappa shape index (κ3) is 5.34. The number of nitrogens with two attached hydrogens (primary N) is 1. The topological polar surface area (TPSA) is 121 Å². The van der Waals surface area contributed by atoms with E-state index in [0.29, 0.717) is 35.3 Å². The summed E-state index contributed by atoms with van der Waals surface area (Å²) in [5.74, 6) is -2.15. The first-order chi connectivity index (χ1) is 18.9. The van der Waals surface area contributed by atoms with Crippen molar-refractivity contribution in [3.05, 3.63) is 59.4 Å². The number of nitrogens with zero attached hydrogens (tertiary/aromatic N) is 2. The Morgan fingerprint density at radius 1 is 0.976 bits per heavy atom. The minimum Gasteiger partial charge on any atom is -0.369 e. The average molecular weight is 612 g/mol. The zero-order valence-corrected chi connectivity index (χ0v) is 21.9. The quantitative estimate of drug-likeness (QED) is 0.485. The van der Waals surface area contributed by atoms with Crippen LogP contribution < -0.4 is 10.0 Å². The van der Waals surface area contributed by atoms with Gasteiger partial charge in [-0.05, 0) is 61.6 Å². The number of aliphatic hydroxyl groups is 1. The second kappa shape index (κ2) is 10.5. The third-order valence-electron chi connectivity index (χ3n) is 7.32. The number of primary amides is 1. The van der Waals surface area contributed by atoms with Gasteiger partial charge in [-0.2, -0.15) is 26.3 Å². The van der Waals surface area contributed by atoms with E-state index >= 15 is 0 Å². The van der Waals surface area contributed by atoms with Gasteiger partial charge in [0.2, 0.25) is 11.8 Å². The number of aryl methyl sites for hydroxylation is 1. The van der Waals surface area contributed by atoms with Crippen LogP contribution in [0.3, 0.4) is 0 Å². The Bertz CT molecular complexity index is 1430. The summed E-state index contributed by atoms with van der Waals surface area (Å²) in [7, 11) is -4.65. The molecule has 41 heavy (non-hydrogen) atoms. The van der Waals surface area contributed by atoms with Crippen LogP contribution in [0.15, 0.2) is 47.4 Å². The first kappa shape index (κ1) is 30.6. The molecule has 2 heterocycles. The molecule has 8 nitrogen and oxygen atoms in total. The van der Waals surface area contributed by atoms with Crippen LogP contribution in [0.5, 0.6) is 0 Å². The van der Waals surface area contributed by atoms with Crippen molar-refractivity contribution >= 4 is 27.5 Å². The molecule has 0 saturated carbocycles. The van der Waals surface area contributed by atoms with E-state index in [1.54, 1.807) is 0 Å². The summed E-state index contributed by atoms with van der Waals surface area (Å²) in [5, 5.41) is 9.84. The molecule has 2 aromatic carbocycles. The highest BCUT2D eigenvalue weighted by molar-refractivity contribution is 7.92. The van der Waals surface area contributed by atoms with Gasteiger partial charge in [-0.1, -0.05) is 12.1 Å². The second-order valence-electron chi connectivity index (χ2n) is 9.85. The Morgan fingerprint density at radius 3 is 2.15 bits per heavy atom. The van der Waals surface area contributed by atoms with Crippen molar-refractivity contribution in [3.63, 3.8) is 0 Å². The van der Waals surface area contributed by atoms with E-state index in [2.05, 4.69) is 0 Å². The van der Waals surface area contributed by atoms with Gasteiger partial charge in [0, 0.05) is 18.5 Å². The normalized spacial score (nSPS) is 20.2. The van der Waals surface area contributed by atoms with E-state index < -0.39 is 74.6 Å². The molecule has 2 aromatic rings. The summed E-state index contributed by atoms with van der Waals surface area (Å²) in [6, 6.07) is 2.90. The number of carbonyl (C=O) groups excluding carboxylic acids is 2. The van der Waals surface area contributed by atoms with Gasteiger partial charge in [0.25, 0.3) is 15.6 Å². The molecule has 0 unspecified atom stereocenters. The van der Waals surface area contributed by atoms with Gasteiger partial charge in [-0.3, -0.25) is 13.9 Å². The molecule has 2 aliphatic rings. The molecular formula is C25H24F7N3O5S. The molecular weight excluding hydrogens is 587 g/mol. The number of sulfonamides is 1. The molecule has 4 rings (SSSR count). The maximum Gasteiger partial charge on any atom is 0.430 e. The summed E-state index contributed by atoms with van der Waals surface area (Å²) in [6.45, 7) is 0.178. The SMILES string of the molecule is NC(=O)[C@@H]1CCCN1C(=O)C[C@@H]1CCc2cc(C(O)(C(F)(F)F)C(F)(F)F)ccc2N1S(=O)(=O)c1ccc(F)cc1. The van der Waals surface area contributed by atoms with E-state index in [-0.39, 0.29) is 30.6 Å². The number of amides is 2. The fourth-order valence-corrected chi connectivity index (χ4v) is 6.98. The van der Waals surface area contributed by atoms with Gasteiger partial charge in [0.15, 0.2) is 0 Å². The number of hydrogen-bond donors (Lipinski definition) is 2. The van der Waals surface area contributed by atoms with E-state index in [9.17, 15) is 53.8 Å². The van der Waals surface area contributed by atoms with Gasteiger partial charge < -0.3 is 15.7 Å². The van der Waals surface area contributed by atoms with Crippen molar-refractivity contribution in [2.24, 2.45) is 5.73 Å². The van der Waals surface area contributed by atoms with E-state index in [1.165, 1.54) is 4.90 Å². The summed E-state index contributed by atoms with van der Waals surface area (Å²) in [4.78, 5) is 25.7. The van der Waals surface area contributed by atoms with Gasteiger partial charge in [0.1, 0.15) is 11.9 Å². The molecule has 1 fully saturated rings. The summed E-state index contributed by atoms with van der Waals surface area (Å²) < 4.78 is 123. The molecule has 3 N–H and O–H groups in total. The van der Waals surface area contributed by atoms with Crippen molar-refractivity contribution in [2.45, 2.75) is 67.0 Å².